The maximum Gasteiger partial charge on any atom is 0.244 e. The zero-order chi connectivity index (χ0) is 29.5. The average molecular weight is 592 g/mol. The van der Waals surface area contributed by atoms with Crippen molar-refractivity contribution in [2.75, 3.05) is 50.5 Å². The van der Waals surface area contributed by atoms with Crippen LogP contribution in [0.25, 0.3) is 11.1 Å². The predicted molar refractivity (Wildman–Crippen MR) is 164 cm³/mol. The number of fused-ring (bicyclic) bond motifs is 2. The van der Waals surface area contributed by atoms with Gasteiger partial charge in [-0.1, -0.05) is 19.9 Å². The molecule has 0 spiro atoms. The molecule has 11 heteroatoms. The van der Waals surface area contributed by atoms with Gasteiger partial charge in [0.25, 0.3) is 0 Å². The topological polar surface area (TPSA) is 127 Å². The zero-order valence-electron chi connectivity index (χ0n) is 24.8. The molecular formula is C31H41N7O3S. The van der Waals surface area contributed by atoms with Crippen LogP contribution in [0.4, 0.5) is 11.6 Å². The lowest BCUT2D eigenvalue weighted by Crippen LogP contribution is -2.39. The van der Waals surface area contributed by atoms with Crippen LogP contribution >= 0.6 is 0 Å². The largest absolute Gasteiger partial charge is 0.491 e. The Bertz CT molecular complexity index is 1580. The van der Waals surface area contributed by atoms with E-state index in [1.54, 1.807) is 18.6 Å². The Morgan fingerprint density at radius 3 is 2.83 bits per heavy atom. The van der Waals surface area contributed by atoms with Gasteiger partial charge in [0, 0.05) is 48.2 Å². The molecule has 4 heterocycles. The van der Waals surface area contributed by atoms with Crippen molar-refractivity contribution in [1.82, 2.24) is 24.6 Å². The summed E-state index contributed by atoms with van der Waals surface area (Å²) >= 11 is 0. The van der Waals surface area contributed by atoms with Crippen molar-refractivity contribution in [3.63, 3.8) is 0 Å². The number of sulfonamides is 1. The van der Waals surface area contributed by atoms with Crippen molar-refractivity contribution >= 4 is 21.7 Å². The molecule has 6 rings (SSSR count). The molecule has 1 aliphatic carbocycles. The number of nitrogen functional groups attached to an aromatic ring is 1. The molecule has 3 N–H and O–H groups in total. The molecule has 0 amide bonds. The van der Waals surface area contributed by atoms with Gasteiger partial charge < -0.3 is 20.3 Å². The number of piperidine rings is 1. The van der Waals surface area contributed by atoms with E-state index in [1.165, 1.54) is 5.56 Å². The molecule has 0 bridgehead atoms. The second-order valence-corrected chi connectivity index (χ2v) is 14.5. The molecule has 0 radical (unpaired) electrons. The standard InChI is InChI=1S/C31H41N7O3S/c1-31(2)9-8-26-25(15-31)30(35-20-34-26)38-11-12-41-27-7-6-22(13-24(27)19-38)23-14-28(29(32)33-17-23)42(39,40)36-16-21-5-4-10-37(3)18-21/h6-7,13-14,17,20-21,36H,4-5,8-12,15-16,18-19H2,1-3H3,(H2,32,33)/t21-/m1/s1. The number of rotatable bonds is 6. The number of nitrogens with zero attached hydrogens (tertiary/aromatic N) is 5. The summed E-state index contributed by atoms with van der Waals surface area (Å²) in [5.41, 5.74) is 11.2. The van der Waals surface area contributed by atoms with E-state index in [4.69, 9.17) is 15.5 Å². The van der Waals surface area contributed by atoms with Crippen molar-refractivity contribution in [2.45, 2.75) is 57.4 Å². The van der Waals surface area contributed by atoms with Crippen molar-refractivity contribution < 1.29 is 13.2 Å². The highest BCUT2D eigenvalue weighted by Gasteiger charge is 2.31. The molecule has 1 fully saturated rings. The summed E-state index contributed by atoms with van der Waals surface area (Å²) < 4.78 is 35.6. The smallest absolute Gasteiger partial charge is 0.244 e. The van der Waals surface area contributed by atoms with Gasteiger partial charge in [-0.05, 0) is 80.8 Å². The maximum absolute atomic E-state index is 13.3. The number of nitrogens with two attached hydrogens (primary N) is 1. The summed E-state index contributed by atoms with van der Waals surface area (Å²) in [7, 11) is -1.76. The normalized spacial score (nSPS) is 20.7. The molecule has 224 valence electrons. The second kappa shape index (κ2) is 11.4. The van der Waals surface area contributed by atoms with Gasteiger partial charge in [-0.3, -0.25) is 0 Å². The van der Waals surface area contributed by atoms with E-state index < -0.39 is 10.0 Å². The van der Waals surface area contributed by atoms with Crippen molar-refractivity contribution in [2.24, 2.45) is 11.3 Å². The first-order chi connectivity index (χ1) is 20.1. The number of ether oxygens (including phenoxy) is 1. The fourth-order valence-corrected chi connectivity index (χ4v) is 7.68. The summed E-state index contributed by atoms with van der Waals surface area (Å²) in [6.07, 6.45) is 8.41. The first-order valence-corrected chi connectivity index (χ1v) is 16.3. The molecule has 3 aromatic rings. The summed E-state index contributed by atoms with van der Waals surface area (Å²) in [5.74, 6) is 2.06. The Kier molecular flexibility index (Phi) is 7.84. The molecule has 0 unspecified atom stereocenters. The van der Waals surface area contributed by atoms with E-state index in [2.05, 4.69) is 51.5 Å². The molecule has 10 nitrogen and oxygen atoms in total. The summed E-state index contributed by atoms with van der Waals surface area (Å²) in [6, 6.07) is 7.57. The van der Waals surface area contributed by atoms with E-state index in [1.807, 2.05) is 12.1 Å². The van der Waals surface area contributed by atoms with E-state index in [9.17, 15) is 8.42 Å². The summed E-state index contributed by atoms with van der Waals surface area (Å²) in [4.78, 5) is 18.1. The van der Waals surface area contributed by atoms with E-state index >= 15 is 0 Å². The Morgan fingerprint density at radius 1 is 1.14 bits per heavy atom. The number of aryl methyl sites for hydroxylation is 1. The van der Waals surface area contributed by atoms with Crippen LogP contribution in [-0.4, -0.2) is 68.1 Å². The Labute approximate surface area is 248 Å². The van der Waals surface area contributed by atoms with Gasteiger partial charge in [0.05, 0.1) is 6.54 Å². The molecule has 1 atom stereocenters. The Morgan fingerprint density at radius 2 is 2.00 bits per heavy atom. The quantitative estimate of drug-likeness (QED) is 0.442. The van der Waals surface area contributed by atoms with Gasteiger partial charge in [-0.2, -0.15) is 0 Å². The molecule has 0 saturated carbocycles. The predicted octanol–water partition coefficient (Wildman–Crippen LogP) is 3.65. The second-order valence-electron chi connectivity index (χ2n) is 12.8. The molecule has 3 aliphatic rings. The van der Waals surface area contributed by atoms with Gasteiger partial charge >= 0.3 is 0 Å². The van der Waals surface area contributed by atoms with Crippen LogP contribution in [-0.2, 0) is 29.4 Å². The highest BCUT2D eigenvalue weighted by Crippen LogP contribution is 2.39. The number of benzene rings is 1. The van der Waals surface area contributed by atoms with Crippen LogP contribution in [0.2, 0.25) is 0 Å². The summed E-state index contributed by atoms with van der Waals surface area (Å²) in [6.45, 7) is 8.79. The minimum absolute atomic E-state index is 0.00668. The number of aromatic nitrogens is 3. The lowest BCUT2D eigenvalue weighted by atomic mass is 9.76. The highest BCUT2D eigenvalue weighted by atomic mass is 32.2. The van der Waals surface area contributed by atoms with E-state index in [-0.39, 0.29) is 22.0 Å². The number of nitrogens with one attached hydrogen (secondary N) is 1. The fourth-order valence-electron chi connectivity index (χ4n) is 6.46. The first kappa shape index (κ1) is 28.8. The fraction of sp³-hybridized carbons (Fsp3) is 0.516. The van der Waals surface area contributed by atoms with Crippen LogP contribution in [0.1, 0.15) is 49.9 Å². The monoisotopic (exact) mass is 591 g/mol. The van der Waals surface area contributed by atoms with E-state index in [0.717, 1.165) is 73.6 Å². The molecule has 1 aromatic carbocycles. The molecule has 1 saturated heterocycles. The first-order valence-electron chi connectivity index (χ1n) is 14.9. The summed E-state index contributed by atoms with van der Waals surface area (Å²) in [5, 5.41) is 0. The lowest BCUT2D eigenvalue weighted by molar-refractivity contribution is 0.211. The number of hydrogen-bond acceptors (Lipinski definition) is 9. The third kappa shape index (κ3) is 6.09. The lowest BCUT2D eigenvalue weighted by Gasteiger charge is -2.33. The van der Waals surface area contributed by atoms with Crippen LogP contribution < -0.4 is 20.1 Å². The third-order valence-corrected chi connectivity index (χ3v) is 10.3. The third-order valence-electron chi connectivity index (χ3n) is 8.83. The van der Waals surface area contributed by atoms with Gasteiger partial charge in [-0.15, -0.1) is 0 Å². The van der Waals surface area contributed by atoms with Crippen LogP contribution in [0.3, 0.4) is 0 Å². The van der Waals surface area contributed by atoms with Gasteiger partial charge in [0.1, 0.15) is 35.2 Å². The average Bonchev–Trinajstić information content (AvgIpc) is 3.17. The maximum atomic E-state index is 13.3. The minimum Gasteiger partial charge on any atom is -0.491 e. The van der Waals surface area contributed by atoms with E-state index in [0.29, 0.717) is 31.8 Å². The Hall–Kier alpha value is -3.28. The molecular weight excluding hydrogens is 550 g/mol. The molecule has 2 aromatic heterocycles. The Balaban J connectivity index is 1.26. The number of pyridine rings is 1. The SMILES string of the molecule is CN1CCC[C@H](CNS(=O)(=O)c2cc(-c3ccc4c(c3)CN(c3ncnc5c3CC(C)(C)CC5)CCO4)cnc2N)C1. The van der Waals surface area contributed by atoms with Crippen molar-refractivity contribution in [3.05, 3.63) is 53.6 Å². The zero-order valence-corrected chi connectivity index (χ0v) is 25.6. The van der Waals surface area contributed by atoms with Crippen LogP contribution in [0.15, 0.2) is 41.7 Å². The number of likely N-dealkylation sites (tertiary alicyclic amines) is 1. The molecule has 42 heavy (non-hydrogen) atoms. The van der Waals surface area contributed by atoms with Crippen LogP contribution in [0, 0.1) is 11.3 Å². The number of anilines is 2. The van der Waals surface area contributed by atoms with Gasteiger partial charge in [0.2, 0.25) is 10.0 Å². The van der Waals surface area contributed by atoms with Gasteiger partial charge in [-0.25, -0.2) is 28.1 Å². The van der Waals surface area contributed by atoms with Crippen molar-refractivity contribution in [3.8, 4) is 16.9 Å². The molecule has 2 aliphatic heterocycles. The number of hydrogen-bond donors (Lipinski definition) is 2. The minimum atomic E-state index is -3.83. The highest BCUT2D eigenvalue weighted by molar-refractivity contribution is 7.89. The van der Waals surface area contributed by atoms with Crippen molar-refractivity contribution in [1.29, 1.82) is 0 Å². The van der Waals surface area contributed by atoms with Gasteiger partial charge in [0.15, 0.2) is 0 Å². The van der Waals surface area contributed by atoms with Crippen LogP contribution in [0.5, 0.6) is 5.75 Å².